The number of benzene rings is 1. The van der Waals surface area contributed by atoms with E-state index in [0.717, 1.165) is 62.1 Å². The average Bonchev–Trinajstić information content (AvgIpc) is 3.38. The fourth-order valence-corrected chi connectivity index (χ4v) is 6.21. The monoisotopic (exact) mass is 474 g/mol. The van der Waals surface area contributed by atoms with Gasteiger partial charge >= 0.3 is 0 Å². The Balaban J connectivity index is 1.38. The first kappa shape index (κ1) is 24.7. The maximum Gasteiger partial charge on any atom is 0.226 e. The number of ketones is 1. The lowest BCUT2D eigenvalue weighted by molar-refractivity contribution is -0.140. The molecule has 1 heterocycles. The van der Waals surface area contributed by atoms with Crippen molar-refractivity contribution in [3.63, 3.8) is 0 Å². The molecule has 3 fully saturated rings. The number of halogens is 1. The lowest BCUT2D eigenvalue weighted by Gasteiger charge is -2.41. The highest BCUT2D eigenvalue weighted by atomic mass is 35.5. The van der Waals surface area contributed by atoms with E-state index in [1.54, 1.807) is 13.8 Å². The number of hydrogen-bond acceptors (Lipinski definition) is 4. The number of aliphatic hydroxyl groups is 1. The maximum atomic E-state index is 12.9. The summed E-state index contributed by atoms with van der Waals surface area (Å²) in [6.07, 6.45) is 5.61. The second-order valence-electron chi connectivity index (χ2n) is 11.2. The van der Waals surface area contributed by atoms with Gasteiger partial charge in [-0.15, -0.1) is 0 Å². The molecule has 0 aromatic heterocycles. The summed E-state index contributed by atoms with van der Waals surface area (Å²) in [5.74, 6) is 0.804. The standard InChI is InChI=1S/C27H39ClN2O3/c1-17-15-29(9-10-30(17)26(32)19-7-5-6-8-19)16-21-12-22(28)11-20(18(21)2)13-25(31)23-14-24(23)27(3,4)33/h11-12,17,19,23-24,33H,5-10,13-16H2,1-4H3/t17-,23-,24-/m0/s1. The molecule has 6 heteroatoms. The number of amides is 1. The summed E-state index contributed by atoms with van der Waals surface area (Å²) in [5.41, 5.74) is 2.48. The maximum absolute atomic E-state index is 12.9. The quantitative estimate of drug-likeness (QED) is 0.636. The lowest BCUT2D eigenvalue weighted by Crippen LogP contribution is -2.54. The molecule has 2 aliphatic carbocycles. The minimum Gasteiger partial charge on any atom is -0.390 e. The molecule has 0 spiro atoms. The highest BCUT2D eigenvalue weighted by molar-refractivity contribution is 6.30. The van der Waals surface area contributed by atoms with Gasteiger partial charge in [-0.25, -0.2) is 0 Å². The minimum atomic E-state index is -0.799. The Bertz CT molecular complexity index is 903. The largest absolute Gasteiger partial charge is 0.390 e. The highest BCUT2D eigenvalue weighted by Crippen LogP contribution is 2.47. The predicted octanol–water partition coefficient (Wildman–Crippen LogP) is 4.39. The Hall–Kier alpha value is -1.43. The van der Waals surface area contributed by atoms with Crippen molar-refractivity contribution >= 4 is 23.3 Å². The van der Waals surface area contributed by atoms with Crippen LogP contribution in [-0.4, -0.2) is 57.9 Å². The summed E-state index contributed by atoms with van der Waals surface area (Å²) in [4.78, 5) is 30.3. The third kappa shape index (κ3) is 5.63. The molecule has 3 atom stereocenters. The van der Waals surface area contributed by atoms with Gasteiger partial charge in [-0.05, 0) is 81.7 Å². The van der Waals surface area contributed by atoms with Crippen LogP contribution in [0.5, 0.6) is 0 Å². The van der Waals surface area contributed by atoms with Gasteiger partial charge < -0.3 is 10.0 Å². The minimum absolute atomic E-state index is 0.0434. The molecule has 1 aliphatic heterocycles. The van der Waals surface area contributed by atoms with Crippen LogP contribution in [0.3, 0.4) is 0 Å². The van der Waals surface area contributed by atoms with Crippen LogP contribution in [0.1, 0.15) is 69.6 Å². The van der Waals surface area contributed by atoms with Gasteiger partial charge in [0.2, 0.25) is 5.91 Å². The summed E-state index contributed by atoms with van der Waals surface area (Å²) in [7, 11) is 0. The van der Waals surface area contributed by atoms with Gasteiger partial charge in [0, 0.05) is 55.5 Å². The zero-order valence-electron chi connectivity index (χ0n) is 20.6. The van der Waals surface area contributed by atoms with Crippen LogP contribution < -0.4 is 0 Å². The third-order valence-corrected chi connectivity index (χ3v) is 8.37. The van der Waals surface area contributed by atoms with Crippen molar-refractivity contribution in [1.29, 1.82) is 0 Å². The Morgan fingerprint density at radius 1 is 1.15 bits per heavy atom. The van der Waals surface area contributed by atoms with E-state index < -0.39 is 5.60 Å². The predicted molar refractivity (Wildman–Crippen MR) is 131 cm³/mol. The Morgan fingerprint density at radius 2 is 1.82 bits per heavy atom. The zero-order chi connectivity index (χ0) is 23.9. The van der Waals surface area contributed by atoms with Crippen molar-refractivity contribution in [3.8, 4) is 0 Å². The molecule has 3 aliphatic rings. The van der Waals surface area contributed by atoms with Gasteiger partial charge in [0.05, 0.1) is 5.60 Å². The van der Waals surface area contributed by atoms with Gasteiger partial charge in [0.15, 0.2) is 0 Å². The van der Waals surface area contributed by atoms with E-state index >= 15 is 0 Å². The van der Waals surface area contributed by atoms with Crippen LogP contribution in [0.15, 0.2) is 12.1 Å². The summed E-state index contributed by atoms with van der Waals surface area (Å²) in [6, 6.07) is 4.14. The van der Waals surface area contributed by atoms with Gasteiger partial charge in [-0.1, -0.05) is 24.4 Å². The van der Waals surface area contributed by atoms with Gasteiger partial charge in [0.1, 0.15) is 5.78 Å². The van der Waals surface area contributed by atoms with Crippen molar-refractivity contribution in [2.24, 2.45) is 17.8 Å². The van der Waals surface area contributed by atoms with E-state index in [1.807, 2.05) is 12.1 Å². The first-order valence-corrected chi connectivity index (χ1v) is 13.0. The molecular formula is C27H39ClN2O3. The van der Waals surface area contributed by atoms with Crippen LogP contribution >= 0.6 is 11.6 Å². The van der Waals surface area contributed by atoms with Crippen LogP contribution in [0, 0.1) is 24.7 Å². The Kier molecular flexibility index (Phi) is 7.24. The van der Waals surface area contributed by atoms with Crippen molar-refractivity contribution in [1.82, 2.24) is 9.80 Å². The molecule has 182 valence electrons. The van der Waals surface area contributed by atoms with E-state index in [-0.39, 0.29) is 29.6 Å². The molecule has 1 saturated heterocycles. The molecular weight excluding hydrogens is 436 g/mol. The van der Waals surface area contributed by atoms with Crippen LogP contribution in [0.4, 0.5) is 0 Å². The number of piperazine rings is 1. The average molecular weight is 475 g/mol. The van der Waals surface area contributed by atoms with E-state index in [2.05, 4.69) is 23.6 Å². The lowest BCUT2D eigenvalue weighted by atomic mass is 9.94. The SMILES string of the molecule is Cc1c(CC(=O)[C@H]2C[C@@H]2C(C)(C)O)cc(Cl)cc1CN1CCN(C(=O)C2CCCC2)[C@@H](C)C1. The first-order chi connectivity index (χ1) is 15.5. The van der Waals surface area contributed by atoms with E-state index in [9.17, 15) is 14.7 Å². The third-order valence-electron chi connectivity index (χ3n) is 8.16. The fourth-order valence-electron chi connectivity index (χ4n) is 5.95. The number of Topliss-reactive ketones (excluding diaryl/α,β-unsaturated/α-hetero) is 1. The normalized spacial score (nSPS) is 26.6. The first-order valence-electron chi connectivity index (χ1n) is 12.6. The Morgan fingerprint density at radius 3 is 2.42 bits per heavy atom. The van der Waals surface area contributed by atoms with Crippen LogP contribution in [0.25, 0.3) is 0 Å². The van der Waals surface area contributed by atoms with E-state index in [0.29, 0.717) is 17.4 Å². The van der Waals surface area contributed by atoms with E-state index in [4.69, 9.17) is 11.6 Å². The Labute approximate surface area is 203 Å². The number of hydrogen-bond donors (Lipinski definition) is 1. The smallest absolute Gasteiger partial charge is 0.226 e. The van der Waals surface area contributed by atoms with Crippen molar-refractivity contribution in [3.05, 3.63) is 33.8 Å². The molecule has 1 amide bonds. The molecule has 33 heavy (non-hydrogen) atoms. The summed E-state index contributed by atoms with van der Waals surface area (Å²) >= 11 is 6.46. The zero-order valence-corrected chi connectivity index (χ0v) is 21.3. The molecule has 1 N–H and O–H groups in total. The summed E-state index contributed by atoms with van der Waals surface area (Å²) in [5, 5.41) is 10.9. The molecule has 1 aromatic rings. The topological polar surface area (TPSA) is 60.9 Å². The number of rotatable bonds is 7. The van der Waals surface area contributed by atoms with Gasteiger partial charge in [-0.2, -0.15) is 0 Å². The van der Waals surface area contributed by atoms with Crippen LogP contribution in [0.2, 0.25) is 5.02 Å². The number of carbonyl (C=O) groups excluding carboxylic acids is 2. The molecule has 0 bridgehead atoms. The molecule has 0 radical (unpaired) electrons. The molecule has 1 aromatic carbocycles. The second-order valence-corrected chi connectivity index (χ2v) is 11.6. The number of carbonyl (C=O) groups is 2. The van der Waals surface area contributed by atoms with Crippen molar-refractivity contribution < 1.29 is 14.7 Å². The van der Waals surface area contributed by atoms with Gasteiger partial charge in [-0.3, -0.25) is 14.5 Å². The van der Waals surface area contributed by atoms with E-state index in [1.165, 1.54) is 12.8 Å². The molecule has 5 nitrogen and oxygen atoms in total. The fraction of sp³-hybridized carbons (Fsp3) is 0.704. The highest BCUT2D eigenvalue weighted by Gasteiger charge is 2.50. The van der Waals surface area contributed by atoms with Gasteiger partial charge in [0.25, 0.3) is 0 Å². The van der Waals surface area contributed by atoms with Crippen LogP contribution in [-0.2, 0) is 22.6 Å². The number of nitrogens with zero attached hydrogens (tertiary/aromatic N) is 2. The van der Waals surface area contributed by atoms with Crippen molar-refractivity contribution in [2.45, 2.75) is 84.4 Å². The summed E-state index contributed by atoms with van der Waals surface area (Å²) < 4.78 is 0. The van der Waals surface area contributed by atoms with Crippen molar-refractivity contribution in [2.75, 3.05) is 19.6 Å². The molecule has 0 unspecified atom stereocenters. The molecule has 4 rings (SSSR count). The molecule has 2 saturated carbocycles. The second kappa shape index (κ2) is 9.67. The summed E-state index contributed by atoms with van der Waals surface area (Å²) in [6.45, 7) is 11.1.